The first-order chi connectivity index (χ1) is 12.4. The Morgan fingerprint density at radius 3 is 2.58 bits per heavy atom. The van der Waals surface area contributed by atoms with E-state index in [1.807, 2.05) is 0 Å². The van der Waals surface area contributed by atoms with Crippen molar-refractivity contribution in [2.24, 2.45) is 10.8 Å². The van der Waals surface area contributed by atoms with Crippen LogP contribution in [0.25, 0.3) is 0 Å². The van der Waals surface area contributed by atoms with E-state index in [-0.39, 0.29) is 17.2 Å². The normalized spacial score (nSPS) is 11.3. The summed E-state index contributed by atoms with van der Waals surface area (Å²) in [6.07, 6.45) is 0. The summed E-state index contributed by atoms with van der Waals surface area (Å²) in [5, 5.41) is 6.67. The second-order valence-corrected chi connectivity index (χ2v) is 6.36. The highest BCUT2D eigenvalue weighted by atomic mass is 32.2. The van der Waals surface area contributed by atoms with Gasteiger partial charge in [-0.1, -0.05) is 30.5 Å². The first-order valence-electron chi connectivity index (χ1n) is 7.60. The lowest BCUT2D eigenvalue weighted by atomic mass is 10.2. The van der Waals surface area contributed by atoms with E-state index in [2.05, 4.69) is 22.4 Å². The van der Waals surface area contributed by atoms with E-state index in [4.69, 9.17) is 5.73 Å². The zero-order valence-corrected chi connectivity index (χ0v) is 14.9. The van der Waals surface area contributed by atoms with Gasteiger partial charge in [-0.15, -0.1) is 0 Å². The Morgan fingerprint density at radius 2 is 1.96 bits per heavy atom. The van der Waals surface area contributed by atoms with Gasteiger partial charge in [-0.2, -0.15) is 5.10 Å². The van der Waals surface area contributed by atoms with Crippen LogP contribution in [-0.4, -0.2) is 25.2 Å². The molecule has 0 fully saturated rings. The molecular weight excluding hydrogens is 358 g/mol. The van der Waals surface area contributed by atoms with Gasteiger partial charge in [0.2, 0.25) is 0 Å². The summed E-state index contributed by atoms with van der Waals surface area (Å²) < 4.78 is 27.9. The Hall–Kier alpha value is -2.71. The summed E-state index contributed by atoms with van der Waals surface area (Å²) in [7, 11) is 1.68. The molecule has 2 aromatic carbocycles. The molecule has 0 aliphatic rings. The molecule has 0 saturated heterocycles. The number of hydrazone groups is 1. The maximum atomic E-state index is 14.3. The number of hydrogen-bond donors (Lipinski definition) is 3. The van der Waals surface area contributed by atoms with Crippen LogP contribution in [0, 0.1) is 11.6 Å². The van der Waals surface area contributed by atoms with Crippen LogP contribution in [0.1, 0.15) is 0 Å². The van der Waals surface area contributed by atoms with Crippen molar-refractivity contribution in [3.8, 4) is 0 Å². The minimum absolute atomic E-state index is 0.0545. The number of nitrogens with zero attached hydrogens (tertiary/aromatic N) is 1. The van der Waals surface area contributed by atoms with Gasteiger partial charge >= 0.3 is 0 Å². The number of carbonyl (C=O) groups excluding carboxylic acids is 1. The smallest absolute Gasteiger partial charge is 0.269 e. The zero-order chi connectivity index (χ0) is 19.1. The van der Waals surface area contributed by atoms with E-state index >= 15 is 0 Å². The van der Waals surface area contributed by atoms with Crippen molar-refractivity contribution >= 4 is 29.1 Å². The Labute approximate surface area is 154 Å². The van der Waals surface area contributed by atoms with Gasteiger partial charge in [0, 0.05) is 16.3 Å². The molecule has 5 nitrogen and oxygen atoms in total. The molecule has 0 unspecified atom stereocenters. The molecule has 0 saturated carbocycles. The highest BCUT2D eigenvalue weighted by molar-refractivity contribution is 7.99. The average Bonchev–Trinajstić information content (AvgIpc) is 2.59. The predicted octanol–water partition coefficient (Wildman–Crippen LogP) is 3.14. The minimum Gasteiger partial charge on any atom is -0.364 e. The van der Waals surface area contributed by atoms with Gasteiger partial charge in [-0.3, -0.25) is 10.2 Å². The number of nitrogens with one attached hydrogen (secondary N) is 2. The van der Waals surface area contributed by atoms with Crippen LogP contribution in [0.2, 0.25) is 0 Å². The first kappa shape index (κ1) is 19.6. The number of nitrogens with two attached hydrogens (primary N) is 1. The van der Waals surface area contributed by atoms with Gasteiger partial charge < -0.3 is 11.1 Å². The van der Waals surface area contributed by atoms with Crippen LogP contribution < -0.4 is 16.5 Å². The molecule has 26 heavy (non-hydrogen) atoms. The molecular formula is C18H18F2N4OS. The summed E-state index contributed by atoms with van der Waals surface area (Å²) >= 11 is 1.10. The maximum Gasteiger partial charge on any atom is 0.269 e. The number of halogens is 2. The lowest BCUT2D eigenvalue weighted by Crippen LogP contribution is -2.29. The summed E-state index contributed by atoms with van der Waals surface area (Å²) in [6.45, 7) is 4.01. The molecule has 0 spiro atoms. The fourth-order valence-electron chi connectivity index (χ4n) is 2.03. The molecule has 0 atom stereocenters. The van der Waals surface area contributed by atoms with Crippen molar-refractivity contribution in [3.63, 3.8) is 0 Å². The third kappa shape index (κ3) is 5.14. The SMILES string of the molecule is C=C(CNC)/C(=N\Nc1ccc(Sc2ccccc2F)cc1F)C(N)=O. The van der Waals surface area contributed by atoms with Crippen LogP contribution >= 0.6 is 11.8 Å². The standard InChI is InChI=1S/C18H18F2N4OS/c1-11(10-22-2)17(18(21)25)24-23-15-8-7-12(9-14(15)20)26-16-6-4-3-5-13(16)19/h3-9,22-23H,1,10H2,2H3,(H2,21,25)/b24-17+. The topological polar surface area (TPSA) is 79.5 Å². The van der Waals surface area contributed by atoms with E-state index in [9.17, 15) is 13.6 Å². The lowest BCUT2D eigenvalue weighted by molar-refractivity contribution is -0.111. The molecule has 0 aliphatic heterocycles. The quantitative estimate of drug-likeness (QED) is 0.488. The first-order valence-corrected chi connectivity index (χ1v) is 8.42. The molecule has 136 valence electrons. The van der Waals surface area contributed by atoms with Crippen molar-refractivity contribution in [2.45, 2.75) is 9.79 Å². The number of primary amides is 1. The Kier molecular flexibility index (Phi) is 6.88. The Balaban J connectivity index is 2.16. The van der Waals surface area contributed by atoms with E-state index in [1.54, 1.807) is 31.3 Å². The molecule has 0 aliphatic carbocycles. The summed E-state index contributed by atoms with van der Waals surface area (Å²) in [4.78, 5) is 12.4. The molecule has 2 aromatic rings. The van der Waals surface area contributed by atoms with Crippen LogP contribution in [0.5, 0.6) is 0 Å². The lowest BCUT2D eigenvalue weighted by Gasteiger charge is -2.09. The number of benzene rings is 2. The van der Waals surface area contributed by atoms with Gasteiger partial charge in [-0.05, 0) is 43.0 Å². The van der Waals surface area contributed by atoms with Crippen molar-refractivity contribution in [3.05, 3.63) is 66.3 Å². The van der Waals surface area contributed by atoms with Gasteiger partial charge in [0.05, 0.1) is 5.69 Å². The van der Waals surface area contributed by atoms with Crippen LogP contribution in [-0.2, 0) is 4.79 Å². The van der Waals surface area contributed by atoms with E-state index in [0.717, 1.165) is 11.8 Å². The van der Waals surface area contributed by atoms with Crippen molar-refractivity contribution in [2.75, 3.05) is 19.0 Å². The van der Waals surface area contributed by atoms with Crippen LogP contribution in [0.15, 0.2) is 69.5 Å². The fraction of sp³-hybridized carbons (Fsp3) is 0.111. The molecule has 4 N–H and O–H groups in total. The number of carbonyl (C=O) groups is 1. The van der Waals surface area contributed by atoms with Gasteiger partial charge in [0.15, 0.2) is 5.71 Å². The highest BCUT2D eigenvalue weighted by Gasteiger charge is 2.12. The molecule has 0 radical (unpaired) electrons. The Bertz CT molecular complexity index is 855. The Morgan fingerprint density at radius 1 is 1.23 bits per heavy atom. The summed E-state index contributed by atoms with van der Waals surface area (Å²) in [5.74, 6) is -1.75. The van der Waals surface area contributed by atoms with Crippen molar-refractivity contribution < 1.29 is 13.6 Å². The van der Waals surface area contributed by atoms with Crippen molar-refractivity contribution in [1.29, 1.82) is 0 Å². The predicted molar refractivity (Wildman–Crippen MR) is 100 cm³/mol. The summed E-state index contributed by atoms with van der Waals surface area (Å²) in [5.41, 5.74) is 8.09. The highest BCUT2D eigenvalue weighted by Crippen LogP contribution is 2.31. The van der Waals surface area contributed by atoms with E-state index < -0.39 is 11.7 Å². The van der Waals surface area contributed by atoms with E-state index in [0.29, 0.717) is 21.9 Å². The largest absolute Gasteiger partial charge is 0.364 e. The second kappa shape index (κ2) is 9.12. The number of hydrogen-bond acceptors (Lipinski definition) is 5. The van der Waals surface area contributed by atoms with Crippen molar-refractivity contribution in [1.82, 2.24) is 5.32 Å². The number of amides is 1. The van der Waals surface area contributed by atoms with Gasteiger partial charge in [0.1, 0.15) is 11.6 Å². The van der Waals surface area contributed by atoms with Gasteiger partial charge in [0.25, 0.3) is 5.91 Å². The second-order valence-electron chi connectivity index (χ2n) is 5.24. The third-order valence-corrected chi connectivity index (χ3v) is 4.29. The monoisotopic (exact) mass is 376 g/mol. The molecule has 0 aromatic heterocycles. The third-order valence-electron chi connectivity index (χ3n) is 3.25. The van der Waals surface area contributed by atoms with Crippen LogP contribution in [0.4, 0.5) is 14.5 Å². The molecule has 8 heteroatoms. The number of rotatable bonds is 8. The zero-order valence-electron chi connectivity index (χ0n) is 14.1. The molecule has 0 bridgehead atoms. The fourth-order valence-corrected chi connectivity index (χ4v) is 2.89. The maximum absolute atomic E-state index is 14.3. The minimum atomic E-state index is -0.773. The number of likely N-dealkylation sites (N-methyl/N-ethyl adjacent to an activating group) is 1. The van der Waals surface area contributed by atoms with Crippen LogP contribution in [0.3, 0.4) is 0 Å². The molecule has 2 rings (SSSR count). The molecule has 1 amide bonds. The summed E-state index contributed by atoms with van der Waals surface area (Å²) in [6, 6.07) is 10.6. The molecule has 0 heterocycles. The van der Waals surface area contributed by atoms with E-state index in [1.165, 1.54) is 18.2 Å². The van der Waals surface area contributed by atoms with Gasteiger partial charge in [-0.25, -0.2) is 8.78 Å². The number of anilines is 1. The average molecular weight is 376 g/mol.